The Morgan fingerprint density at radius 2 is 1.89 bits per heavy atom. The Kier molecular flexibility index (Phi) is 7.72. The molecule has 9 heteroatoms. The zero-order valence-electron chi connectivity index (χ0n) is 18.9. The van der Waals surface area contributed by atoms with Crippen molar-refractivity contribution < 1.29 is 39.4 Å². The number of ether oxygens (including phenoxy) is 3. The second-order valence-corrected chi connectivity index (χ2v) is 9.49. The highest BCUT2D eigenvalue weighted by Crippen LogP contribution is 2.40. The molecule has 8 nitrogen and oxygen atoms in total. The summed E-state index contributed by atoms with van der Waals surface area (Å²) in [7, 11) is 0. The van der Waals surface area contributed by atoms with Gasteiger partial charge in [0, 0.05) is 20.5 Å². The smallest absolute Gasteiger partial charge is 0.338 e. The first-order valence-corrected chi connectivity index (χ1v) is 11.9. The molecule has 4 N–H and O–H groups in total. The van der Waals surface area contributed by atoms with Crippen molar-refractivity contribution >= 4 is 27.4 Å². The van der Waals surface area contributed by atoms with Gasteiger partial charge in [0.25, 0.3) is 0 Å². The van der Waals surface area contributed by atoms with Gasteiger partial charge in [0.2, 0.25) is 6.29 Å². The Hall–Kier alpha value is -2.97. The van der Waals surface area contributed by atoms with Crippen LogP contribution in [0, 0.1) is 19.3 Å². The van der Waals surface area contributed by atoms with E-state index in [1.165, 1.54) is 11.3 Å². The van der Waals surface area contributed by atoms with Gasteiger partial charge in [-0.2, -0.15) is 0 Å². The summed E-state index contributed by atoms with van der Waals surface area (Å²) in [5, 5.41) is 40.6. The molecule has 0 amide bonds. The molecule has 0 saturated carbocycles. The maximum absolute atomic E-state index is 12.7. The summed E-state index contributed by atoms with van der Waals surface area (Å²) in [5.41, 5.74) is 1.12. The fourth-order valence-corrected chi connectivity index (χ4v) is 5.07. The molecule has 1 aliphatic heterocycles. The molecule has 1 aliphatic rings. The number of hydrogen-bond donors (Lipinski definition) is 4. The highest BCUT2D eigenvalue weighted by atomic mass is 32.1. The van der Waals surface area contributed by atoms with Gasteiger partial charge in [0.05, 0.1) is 18.6 Å². The van der Waals surface area contributed by atoms with E-state index in [-0.39, 0.29) is 6.42 Å². The molecule has 1 saturated heterocycles. The molecule has 0 spiro atoms. The minimum Gasteiger partial charge on any atom is -0.461 e. The SMILES string of the molecule is C#CCC(OC(=O)c1ccccc1)c1ccc(O[C@@H]2O[C@H](CO)[C@H](O)[C@H](O)[C@H]2O)c2cc(C)sc12. The van der Waals surface area contributed by atoms with Crippen LogP contribution in [-0.2, 0) is 9.47 Å². The van der Waals surface area contributed by atoms with Crippen molar-refractivity contribution in [3.63, 3.8) is 0 Å². The van der Waals surface area contributed by atoms with E-state index < -0.39 is 49.4 Å². The molecule has 3 aromatic rings. The fraction of sp³-hybridized carbons (Fsp3) is 0.346. The third-order valence-electron chi connectivity index (χ3n) is 5.80. The van der Waals surface area contributed by atoms with Gasteiger partial charge >= 0.3 is 5.97 Å². The first-order chi connectivity index (χ1) is 16.8. The molecule has 35 heavy (non-hydrogen) atoms. The van der Waals surface area contributed by atoms with E-state index in [2.05, 4.69) is 5.92 Å². The number of rotatable bonds is 7. The molecule has 1 fully saturated rings. The summed E-state index contributed by atoms with van der Waals surface area (Å²) in [6, 6.07) is 13.9. The average Bonchev–Trinajstić information content (AvgIpc) is 3.26. The summed E-state index contributed by atoms with van der Waals surface area (Å²) < 4.78 is 17.9. The maximum atomic E-state index is 12.7. The predicted molar refractivity (Wildman–Crippen MR) is 129 cm³/mol. The highest BCUT2D eigenvalue weighted by Gasteiger charge is 2.45. The number of fused-ring (bicyclic) bond motifs is 1. The van der Waals surface area contributed by atoms with E-state index in [0.29, 0.717) is 22.3 Å². The largest absolute Gasteiger partial charge is 0.461 e. The number of carbonyl (C=O) groups excluding carboxylic acids is 1. The van der Waals surface area contributed by atoms with Crippen molar-refractivity contribution in [1.29, 1.82) is 0 Å². The van der Waals surface area contributed by atoms with Crippen LogP contribution in [0.1, 0.15) is 33.3 Å². The Bertz CT molecular complexity index is 1220. The molecule has 1 unspecified atom stereocenters. The Labute approximate surface area is 206 Å². The van der Waals surface area contributed by atoms with Crippen LogP contribution in [0.2, 0.25) is 0 Å². The fourth-order valence-electron chi connectivity index (χ4n) is 3.98. The lowest BCUT2D eigenvalue weighted by Crippen LogP contribution is -2.60. The number of benzene rings is 2. The molecule has 1 aromatic heterocycles. The second kappa shape index (κ2) is 10.7. The maximum Gasteiger partial charge on any atom is 0.338 e. The van der Waals surface area contributed by atoms with Crippen molar-refractivity contribution in [3.8, 4) is 18.1 Å². The first kappa shape index (κ1) is 25.1. The van der Waals surface area contributed by atoms with Crippen molar-refractivity contribution in [2.45, 2.75) is 50.2 Å². The van der Waals surface area contributed by atoms with Crippen molar-refractivity contribution in [2.24, 2.45) is 0 Å². The monoisotopic (exact) mass is 498 g/mol. The molecule has 4 rings (SSSR count). The van der Waals surface area contributed by atoms with Crippen LogP contribution in [0.25, 0.3) is 10.1 Å². The third-order valence-corrected chi connectivity index (χ3v) is 6.90. The van der Waals surface area contributed by atoms with Gasteiger partial charge in [0.15, 0.2) is 0 Å². The molecule has 0 radical (unpaired) electrons. The summed E-state index contributed by atoms with van der Waals surface area (Å²) in [6.45, 7) is 1.36. The molecular weight excluding hydrogens is 472 g/mol. The standard InChI is InChI=1S/C26H26O8S/c1-3-7-18(32-25(31)15-8-5-4-6-9-15)16-10-11-19(17-12-14(2)35-24(16)17)33-26-23(30)22(29)21(28)20(13-27)34-26/h1,4-6,8-12,18,20-23,26-30H,7,13H2,2H3/t18?,20-,21+,22+,23-,26-/m1/s1. The van der Waals surface area contributed by atoms with E-state index >= 15 is 0 Å². The Morgan fingerprint density at radius 1 is 1.14 bits per heavy atom. The van der Waals surface area contributed by atoms with Gasteiger partial charge < -0.3 is 34.6 Å². The van der Waals surface area contributed by atoms with Crippen molar-refractivity contribution in [1.82, 2.24) is 0 Å². The number of terminal acetylenes is 1. The zero-order chi connectivity index (χ0) is 25.1. The van der Waals surface area contributed by atoms with Gasteiger partial charge in [-0.3, -0.25) is 0 Å². The van der Waals surface area contributed by atoms with Crippen molar-refractivity contribution in [2.75, 3.05) is 6.61 Å². The van der Waals surface area contributed by atoms with Gasteiger partial charge in [-0.05, 0) is 31.2 Å². The van der Waals surface area contributed by atoms with Crippen LogP contribution in [0.5, 0.6) is 5.75 Å². The number of aliphatic hydroxyl groups excluding tert-OH is 4. The highest BCUT2D eigenvalue weighted by molar-refractivity contribution is 7.19. The average molecular weight is 499 g/mol. The lowest BCUT2D eigenvalue weighted by molar-refractivity contribution is -0.277. The second-order valence-electron chi connectivity index (χ2n) is 8.24. The van der Waals surface area contributed by atoms with Gasteiger partial charge in [-0.1, -0.05) is 24.3 Å². The minimum absolute atomic E-state index is 0.164. The molecule has 184 valence electrons. The quantitative estimate of drug-likeness (QED) is 0.289. The topological polar surface area (TPSA) is 126 Å². The summed E-state index contributed by atoms with van der Waals surface area (Å²) in [4.78, 5) is 13.7. The number of carbonyl (C=O) groups is 1. The molecule has 6 atom stereocenters. The summed E-state index contributed by atoms with van der Waals surface area (Å²) in [5.74, 6) is 2.43. The number of hydrogen-bond acceptors (Lipinski definition) is 9. The Balaban J connectivity index is 1.65. The lowest BCUT2D eigenvalue weighted by atomic mass is 9.99. The van der Waals surface area contributed by atoms with Crippen LogP contribution >= 0.6 is 11.3 Å². The molecule has 2 heterocycles. The van der Waals surface area contributed by atoms with Gasteiger partial charge in [-0.25, -0.2) is 4.79 Å². The van der Waals surface area contributed by atoms with Crippen molar-refractivity contribution in [3.05, 3.63) is 64.5 Å². The number of aryl methyl sites for hydroxylation is 1. The zero-order valence-corrected chi connectivity index (χ0v) is 19.7. The molecule has 0 bridgehead atoms. The van der Waals surface area contributed by atoms with E-state index in [4.69, 9.17) is 20.6 Å². The van der Waals surface area contributed by atoms with E-state index in [0.717, 1.165) is 9.58 Å². The van der Waals surface area contributed by atoms with Crippen LogP contribution in [0.15, 0.2) is 48.5 Å². The Morgan fingerprint density at radius 3 is 2.57 bits per heavy atom. The minimum atomic E-state index is -1.55. The van der Waals surface area contributed by atoms with Crippen LogP contribution in [0.4, 0.5) is 0 Å². The number of esters is 1. The molecular formula is C26H26O8S. The third kappa shape index (κ3) is 5.18. The summed E-state index contributed by atoms with van der Waals surface area (Å²) >= 11 is 1.47. The normalized spacial score (nSPS) is 25.1. The van der Waals surface area contributed by atoms with E-state index in [1.807, 2.05) is 19.1 Å². The molecule has 2 aromatic carbocycles. The number of thiophene rings is 1. The lowest BCUT2D eigenvalue weighted by Gasteiger charge is -2.39. The van der Waals surface area contributed by atoms with E-state index in [1.54, 1.807) is 36.4 Å². The molecule has 0 aliphatic carbocycles. The van der Waals surface area contributed by atoms with Crippen LogP contribution in [-0.4, -0.2) is 63.7 Å². The predicted octanol–water partition coefficient (Wildman–Crippen LogP) is 2.31. The number of aliphatic hydroxyl groups is 4. The first-order valence-electron chi connectivity index (χ1n) is 11.0. The van der Waals surface area contributed by atoms with Crippen LogP contribution < -0.4 is 4.74 Å². The van der Waals surface area contributed by atoms with E-state index in [9.17, 15) is 25.2 Å². The van der Waals surface area contributed by atoms with Gasteiger partial charge in [-0.15, -0.1) is 23.7 Å². The van der Waals surface area contributed by atoms with Crippen LogP contribution in [0.3, 0.4) is 0 Å². The van der Waals surface area contributed by atoms with Gasteiger partial charge in [0.1, 0.15) is 36.3 Å². The summed E-state index contributed by atoms with van der Waals surface area (Å²) in [6.07, 6.45) is -1.94.